The van der Waals surface area contributed by atoms with Crippen LogP contribution in [-0.2, 0) is 4.79 Å². The smallest absolute Gasteiger partial charge is 0.241 e. The van der Waals surface area contributed by atoms with Crippen molar-refractivity contribution in [3.63, 3.8) is 0 Å². The van der Waals surface area contributed by atoms with Crippen molar-refractivity contribution in [2.24, 2.45) is 11.7 Å². The third-order valence-electron chi connectivity index (χ3n) is 3.11. The predicted octanol–water partition coefficient (Wildman–Crippen LogP) is 3.81. The second kappa shape index (κ2) is 7.86. The molecule has 3 N–H and O–H groups in total. The summed E-state index contributed by atoms with van der Waals surface area (Å²) < 4.78 is 6.22. The summed E-state index contributed by atoms with van der Waals surface area (Å²) in [7, 11) is 0. The molecule has 0 fully saturated rings. The van der Waals surface area contributed by atoms with Crippen molar-refractivity contribution in [2.75, 3.05) is 11.9 Å². The van der Waals surface area contributed by atoms with Crippen LogP contribution >= 0.6 is 27.5 Å². The summed E-state index contributed by atoms with van der Waals surface area (Å²) in [5.41, 5.74) is 6.44. The summed E-state index contributed by atoms with van der Waals surface area (Å²) in [5, 5.41) is 3.30. The molecule has 1 aromatic rings. The summed E-state index contributed by atoms with van der Waals surface area (Å²) in [4.78, 5) is 12.1. The van der Waals surface area contributed by atoms with Crippen LogP contribution in [0.3, 0.4) is 0 Å². The third-order valence-corrected chi connectivity index (χ3v) is 3.92. The molecule has 0 aliphatic carbocycles. The zero-order chi connectivity index (χ0) is 15.3. The summed E-state index contributed by atoms with van der Waals surface area (Å²) in [6.45, 7) is 6.30. The van der Waals surface area contributed by atoms with Crippen LogP contribution < -0.4 is 15.8 Å². The van der Waals surface area contributed by atoms with Gasteiger partial charge in [-0.1, -0.05) is 31.9 Å². The summed E-state index contributed by atoms with van der Waals surface area (Å²) in [6, 6.07) is 2.81. The Morgan fingerprint density at radius 1 is 1.50 bits per heavy atom. The van der Waals surface area contributed by atoms with Gasteiger partial charge in [0, 0.05) is 5.02 Å². The van der Waals surface area contributed by atoms with Crippen LogP contribution in [0.5, 0.6) is 5.75 Å². The Morgan fingerprint density at radius 3 is 2.70 bits per heavy atom. The molecule has 0 spiro atoms. The van der Waals surface area contributed by atoms with E-state index < -0.39 is 6.04 Å². The molecule has 20 heavy (non-hydrogen) atoms. The van der Waals surface area contributed by atoms with Crippen molar-refractivity contribution >= 4 is 39.1 Å². The monoisotopic (exact) mass is 362 g/mol. The maximum atomic E-state index is 12.1. The van der Waals surface area contributed by atoms with Crippen molar-refractivity contribution in [1.29, 1.82) is 0 Å². The van der Waals surface area contributed by atoms with Gasteiger partial charge < -0.3 is 15.8 Å². The Hall–Kier alpha value is -0.780. The first kappa shape index (κ1) is 17.3. The summed E-state index contributed by atoms with van der Waals surface area (Å²) in [6.07, 6.45) is 0.839. The van der Waals surface area contributed by atoms with Gasteiger partial charge in [-0.3, -0.25) is 4.79 Å². The van der Waals surface area contributed by atoms with Crippen LogP contribution in [0.4, 0.5) is 5.69 Å². The first-order valence-electron chi connectivity index (χ1n) is 6.58. The van der Waals surface area contributed by atoms with Gasteiger partial charge in [0.25, 0.3) is 0 Å². The van der Waals surface area contributed by atoms with Crippen LogP contribution in [0.15, 0.2) is 16.6 Å². The minimum Gasteiger partial charge on any atom is -0.491 e. The van der Waals surface area contributed by atoms with Crippen molar-refractivity contribution in [3.8, 4) is 5.75 Å². The molecule has 2 atom stereocenters. The van der Waals surface area contributed by atoms with E-state index in [1.807, 2.05) is 20.8 Å². The molecule has 0 saturated heterocycles. The molecule has 6 heteroatoms. The van der Waals surface area contributed by atoms with Gasteiger partial charge in [-0.2, -0.15) is 0 Å². The van der Waals surface area contributed by atoms with Crippen molar-refractivity contribution < 1.29 is 9.53 Å². The first-order chi connectivity index (χ1) is 9.40. The highest BCUT2D eigenvalue weighted by atomic mass is 79.9. The minimum atomic E-state index is -0.563. The molecule has 1 amide bonds. The number of nitrogens with one attached hydrogen (secondary N) is 1. The lowest BCUT2D eigenvalue weighted by Gasteiger charge is -2.19. The average Bonchev–Trinajstić information content (AvgIpc) is 2.40. The van der Waals surface area contributed by atoms with E-state index >= 15 is 0 Å². The van der Waals surface area contributed by atoms with Gasteiger partial charge in [-0.15, -0.1) is 0 Å². The Kier molecular flexibility index (Phi) is 6.79. The van der Waals surface area contributed by atoms with E-state index in [0.717, 1.165) is 6.42 Å². The van der Waals surface area contributed by atoms with Crippen LogP contribution in [0.1, 0.15) is 27.2 Å². The molecule has 1 aromatic carbocycles. The zero-order valence-corrected chi connectivity index (χ0v) is 14.2. The van der Waals surface area contributed by atoms with Crippen LogP contribution in [-0.4, -0.2) is 18.6 Å². The van der Waals surface area contributed by atoms with Gasteiger partial charge in [0.05, 0.1) is 22.8 Å². The number of carbonyl (C=O) groups is 1. The van der Waals surface area contributed by atoms with E-state index in [9.17, 15) is 4.79 Å². The van der Waals surface area contributed by atoms with Gasteiger partial charge in [0.2, 0.25) is 5.91 Å². The van der Waals surface area contributed by atoms with Crippen LogP contribution in [0.25, 0.3) is 0 Å². The van der Waals surface area contributed by atoms with Gasteiger partial charge in [0.1, 0.15) is 0 Å². The predicted molar refractivity (Wildman–Crippen MR) is 86.4 cm³/mol. The number of halogens is 2. The number of benzene rings is 1. The molecule has 0 aliphatic rings. The van der Waals surface area contributed by atoms with Crippen molar-refractivity contribution in [2.45, 2.75) is 33.2 Å². The van der Waals surface area contributed by atoms with Gasteiger partial charge in [0.15, 0.2) is 5.75 Å². The Balaban J connectivity index is 2.99. The van der Waals surface area contributed by atoms with Gasteiger partial charge >= 0.3 is 0 Å². The van der Waals surface area contributed by atoms with Gasteiger partial charge in [-0.05, 0) is 40.9 Å². The first-order valence-corrected chi connectivity index (χ1v) is 7.76. The highest BCUT2D eigenvalue weighted by Gasteiger charge is 2.21. The number of hydrogen-bond acceptors (Lipinski definition) is 3. The highest BCUT2D eigenvalue weighted by molar-refractivity contribution is 9.10. The lowest BCUT2D eigenvalue weighted by Crippen LogP contribution is -2.40. The number of nitrogens with two attached hydrogens (primary N) is 1. The molecule has 0 heterocycles. The number of hydrogen-bond donors (Lipinski definition) is 2. The van der Waals surface area contributed by atoms with E-state index in [0.29, 0.717) is 27.5 Å². The molecule has 0 aliphatic heterocycles. The number of ether oxygens (including phenoxy) is 1. The Morgan fingerprint density at radius 2 is 2.15 bits per heavy atom. The summed E-state index contributed by atoms with van der Waals surface area (Å²) >= 11 is 9.38. The number of rotatable bonds is 6. The molecule has 0 saturated carbocycles. The van der Waals surface area contributed by atoms with Gasteiger partial charge in [-0.25, -0.2) is 0 Å². The lowest BCUT2D eigenvalue weighted by molar-refractivity contribution is -0.118. The second-order valence-corrected chi connectivity index (χ2v) is 5.89. The fourth-order valence-corrected chi connectivity index (χ4v) is 2.60. The molecular formula is C14H20BrClN2O2. The summed E-state index contributed by atoms with van der Waals surface area (Å²) in [5.74, 6) is 0.421. The largest absolute Gasteiger partial charge is 0.491 e. The van der Waals surface area contributed by atoms with Crippen LogP contribution in [0.2, 0.25) is 5.02 Å². The maximum absolute atomic E-state index is 12.1. The molecule has 0 bridgehead atoms. The highest BCUT2D eigenvalue weighted by Crippen LogP contribution is 2.36. The minimum absolute atomic E-state index is 0.105. The molecule has 1 rings (SSSR count). The van der Waals surface area contributed by atoms with Crippen molar-refractivity contribution in [3.05, 3.63) is 21.6 Å². The lowest BCUT2D eigenvalue weighted by atomic mass is 9.99. The third kappa shape index (κ3) is 4.36. The average molecular weight is 364 g/mol. The molecule has 112 valence electrons. The maximum Gasteiger partial charge on any atom is 0.241 e. The Bertz CT molecular complexity index is 482. The topological polar surface area (TPSA) is 64.3 Å². The van der Waals surface area contributed by atoms with E-state index in [2.05, 4.69) is 21.2 Å². The van der Waals surface area contributed by atoms with E-state index in [-0.39, 0.29) is 11.8 Å². The zero-order valence-electron chi connectivity index (χ0n) is 11.9. The fraction of sp³-hybridized carbons (Fsp3) is 0.500. The molecular weight excluding hydrogens is 344 g/mol. The van der Waals surface area contributed by atoms with Crippen LogP contribution in [0, 0.1) is 5.92 Å². The fourth-order valence-electron chi connectivity index (χ4n) is 1.67. The van der Waals surface area contributed by atoms with E-state index in [1.54, 1.807) is 12.1 Å². The Labute approximate surface area is 133 Å². The quantitative estimate of drug-likeness (QED) is 0.807. The molecule has 0 aromatic heterocycles. The molecule has 1 unspecified atom stereocenters. The molecule has 0 radical (unpaired) electrons. The molecule has 4 nitrogen and oxygen atoms in total. The SMILES string of the molecule is CCOc1c(Br)cc(Cl)cc1NC(=O)[C@@H](N)C(C)CC. The number of amides is 1. The normalized spacial score (nSPS) is 13.7. The van der Waals surface area contributed by atoms with E-state index in [1.165, 1.54) is 0 Å². The standard InChI is InChI=1S/C14H20BrClN2O2/c1-4-8(3)12(17)14(19)18-11-7-9(16)6-10(15)13(11)20-5-2/h6-8,12H,4-5,17H2,1-3H3,(H,18,19)/t8?,12-/m0/s1. The van der Waals surface area contributed by atoms with Crippen molar-refractivity contribution in [1.82, 2.24) is 0 Å². The number of carbonyl (C=O) groups excluding carboxylic acids is 1. The second-order valence-electron chi connectivity index (χ2n) is 4.60. The van der Waals surface area contributed by atoms with E-state index in [4.69, 9.17) is 22.1 Å². The number of anilines is 1.